The summed E-state index contributed by atoms with van der Waals surface area (Å²) in [4.78, 5) is 23.2. The minimum Gasteiger partial charge on any atom is -0.481 e. The van der Waals surface area contributed by atoms with E-state index in [9.17, 15) is 9.59 Å². The lowest BCUT2D eigenvalue weighted by Crippen LogP contribution is -2.40. The van der Waals surface area contributed by atoms with Crippen molar-refractivity contribution >= 4 is 23.5 Å². The Labute approximate surface area is 123 Å². The maximum Gasteiger partial charge on any atom is 0.306 e. The molecule has 0 radical (unpaired) electrons. The highest BCUT2D eigenvalue weighted by Crippen LogP contribution is 2.26. The molecule has 1 aliphatic carbocycles. The highest BCUT2D eigenvalue weighted by atomic mass is 35.5. The Kier molecular flexibility index (Phi) is 4.65. The fourth-order valence-corrected chi connectivity index (χ4v) is 2.84. The van der Waals surface area contributed by atoms with Gasteiger partial charge >= 0.3 is 5.97 Å². The second-order valence-corrected chi connectivity index (χ2v) is 5.69. The maximum absolute atomic E-state index is 12.2. The van der Waals surface area contributed by atoms with Gasteiger partial charge in [0.2, 0.25) is 0 Å². The number of carbonyl (C=O) groups excluding carboxylic acids is 1. The van der Waals surface area contributed by atoms with E-state index in [2.05, 4.69) is 5.32 Å². The summed E-state index contributed by atoms with van der Waals surface area (Å²) in [5.74, 6) is -1.37. The van der Waals surface area contributed by atoms with Crippen molar-refractivity contribution in [2.24, 2.45) is 5.92 Å². The number of aliphatic carboxylic acids is 1. The Bertz CT molecular complexity index is 530. The zero-order valence-electron chi connectivity index (χ0n) is 11.4. The van der Waals surface area contributed by atoms with E-state index < -0.39 is 5.97 Å². The summed E-state index contributed by atoms with van der Waals surface area (Å²) in [7, 11) is 0. The van der Waals surface area contributed by atoms with Gasteiger partial charge in [-0.05, 0) is 37.8 Å². The van der Waals surface area contributed by atoms with E-state index in [0.717, 1.165) is 18.4 Å². The standard InChI is InChI=1S/C15H18ClNO3/c1-9-4-2-7-12(13(9)16)14(18)17-11-6-3-5-10(8-11)15(19)20/h2,4,7,10-11H,3,5-6,8H2,1H3,(H,17,18)(H,19,20). The van der Waals surface area contributed by atoms with Crippen molar-refractivity contribution in [3.8, 4) is 0 Å². The molecule has 5 heteroatoms. The number of carboxylic acid groups (broad SMARTS) is 1. The predicted molar refractivity (Wildman–Crippen MR) is 77.0 cm³/mol. The van der Waals surface area contributed by atoms with Gasteiger partial charge in [0, 0.05) is 6.04 Å². The van der Waals surface area contributed by atoms with Crippen molar-refractivity contribution < 1.29 is 14.7 Å². The molecule has 0 bridgehead atoms. The zero-order chi connectivity index (χ0) is 14.7. The zero-order valence-corrected chi connectivity index (χ0v) is 12.1. The number of hydrogen-bond donors (Lipinski definition) is 2. The first-order valence-corrected chi connectivity index (χ1v) is 7.15. The van der Waals surface area contributed by atoms with Crippen molar-refractivity contribution in [2.45, 2.75) is 38.6 Å². The summed E-state index contributed by atoms with van der Waals surface area (Å²) in [6.07, 6.45) is 2.82. The molecule has 2 atom stereocenters. The topological polar surface area (TPSA) is 66.4 Å². The van der Waals surface area contributed by atoms with Crippen LogP contribution >= 0.6 is 11.6 Å². The number of rotatable bonds is 3. The van der Waals surface area contributed by atoms with Crippen LogP contribution in [-0.4, -0.2) is 23.0 Å². The average Bonchev–Trinajstić information content (AvgIpc) is 2.42. The Morgan fingerprint density at radius 1 is 1.35 bits per heavy atom. The molecule has 0 aromatic heterocycles. The van der Waals surface area contributed by atoms with Gasteiger partial charge in [0.1, 0.15) is 0 Å². The van der Waals surface area contributed by atoms with E-state index >= 15 is 0 Å². The number of amides is 1. The van der Waals surface area contributed by atoms with Crippen molar-refractivity contribution in [1.29, 1.82) is 0 Å². The van der Waals surface area contributed by atoms with Gasteiger partial charge in [-0.3, -0.25) is 9.59 Å². The highest BCUT2D eigenvalue weighted by molar-refractivity contribution is 6.34. The number of nitrogens with one attached hydrogen (secondary N) is 1. The number of aryl methyl sites for hydroxylation is 1. The molecule has 0 saturated heterocycles. The lowest BCUT2D eigenvalue weighted by atomic mass is 9.85. The largest absolute Gasteiger partial charge is 0.481 e. The van der Waals surface area contributed by atoms with Crippen molar-refractivity contribution in [3.63, 3.8) is 0 Å². The van der Waals surface area contributed by atoms with Crippen LogP contribution in [0.25, 0.3) is 0 Å². The van der Waals surface area contributed by atoms with Gasteiger partial charge in [-0.25, -0.2) is 0 Å². The molecule has 0 spiro atoms. The molecule has 1 aliphatic rings. The summed E-state index contributed by atoms with van der Waals surface area (Å²) in [5.41, 5.74) is 1.30. The van der Waals surface area contributed by atoms with Crippen molar-refractivity contribution in [2.75, 3.05) is 0 Å². The maximum atomic E-state index is 12.2. The molecular weight excluding hydrogens is 278 g/mol. The van der Waals surface area contributed by atoms with Crippen LogP contribution in [0.15, 0.2) is 18.2 Å². The summed E-state index contributed by atoms with van der Waals surface area (Å²) in [6, 6.07) is 5.23. The summed E-state index contributed by atoms with van der Waals surface area (Å²) in [6.45, 7) is 1.85. The first-order valence-electron chi connectivity index (χ1n) is 6.78. The molecule has 108 valence electrons. The molecule has 20 heavy (non-hydrogen) atoms. The van der Waals surface area contributed by atoms with Crippen LogP contribution in [0, 0.1) is 12.8 Å². The molecule has 1 aromatic carbocycles. The molecule has 1 aromatic rings. The number of carboxylic acids is 1. The van der Waals surface area contributed by atoms with E-state index in [0.29, 0.717) is 23.4 Å². The molecule has 2 rings (SSSR count). The third-order valence-corrected chi connectivity index (χ3v) is 4.30. The van der Waals surface area contributed by atoms with E-state index in [1.165, 1.54) is 0 Å². The van der Waals surface area contributed by atoms with Crippen LogP contribution in [-0.2, 0) is 4.79 Å². The van der Waals surface area contributed by atoms with Gasteiger partial charge in [-0.2, -0.15) is 0 Å². The quantitative estimate of drug-likeness (QED) is 0.901. The first-order chi connectivity index (χ1) is 9.49. The van der Waals surface area contributed by atoms with E-state index in [-0.39, 0.29) is 17.9 Å². The van der Waals surface area contributed by atoms with Crippen LogP contribution in [0.4, 0.5) is 0 Å². The lowest BCUT2D eigenvalue weighted by molar-refractivity contribution is -0.143. The SMILES string of the molecule is Cc1cccc(C(=O)NC2CCCC(C(=O)O)C2)c1Cl. The van der Waals surface area contributed by atoms with Crippen molar-refractivity contribution in [3.05, 3.63) is 34.3 Å². The fourth-order valence-electron chi connectivity index (χ4n) is 2.63. The van der Waals surface area contributed by atoms with Gasteiger partial charge in [0.25, 0.3) is 5.91 Å². The molecule has 2 N–H and O–H groups in total. The van der Waals surface area contributed by atoms with Gasteiger partial charge in [0.05, 0.1) is 16.5 Å². The predicted octanol–water partition coefficient (Wildman–Crippen LogP) is 3.02. The van der Waals surface area contributed by atoms with E-state index in [4.69, 9.17) is 16.7 Å². The van der Waals surface area contributed by atoms with E-state index in [1.807, 2.05) is 13.0 Å². The first kappa shape index (κ1) is 14.9. The van der Waals surface area contributed by atoms with Gasteiger partial charge < -0.3 is 10.4 Å². The van der Waals surface area contributed by atoms with Gasteiger partial charge in [-0.1, -0.05) is 30.2 Å². The van der Waals surface area contributed by atoms with Crippen LogP contribution in [0.5, 0.6) is 0 Å². The molecule has 0 heterocycles. The average molecular weight is 296 g/mol. The second-order valence-electron chi connectivity index (χ2n) is 5.31. The third kappa shape index (κ3) is 3.31. The number of hydrogen-bond acceptors (Lipinski definition) is 2. The monoisotopic (exact) mass is 295 g/mol. The molecule has 4 nitrogen and oxygen atoms in total. The Hall–Kier alpha value is -1.55. The normalized spacial score (nSPS) is 22.3. The Morgan fingerprint density at radius 2 is 2.10 bits per heavy atom. The smallest absolute Gasteiger partial charge is 0.306 e. The minimum absolute atomic E-state index is 0.0890. The number of carbonyl (C=O) groups is 2. The molecule has 1 amide bonds. The van der Waals surface area contributed by atoms with Crippen LogP contribution < -0.4 is 5.32 Å². The minimum atomic E-state index is -0.780. The fraction of sp³-hybridized carbons (Fsp3) is 0.467. The van der Waals surface area contributed by atoms with Crippen LogP contribution in [0.3, 0.4) is 0 Å². The molecule has 1 fully saturated rings. The third-order valence-electron chi connectivity index (χ3n) is 3.80. The molecule has 1 saturated carbocycles. The highest BCUT2D eigenvalue weighted by Gasteiger charge is 2.28. The van der Waals surface area contributed by atoms with Gasteiger partial charge in [0.15, 0.2) is 0 Å². The van der Waals surface area contributed by atoms with Crippen LogP contribution in [0.2, 0.25) is 5.02 Å². The molecular formula is C15H18ClNO3. The lowest BCUT2D eigenvalue weighted by Gasteiger charge is -2.27. The number of halogens is 1. The molecule has 2 unspecified atom stereocenters. The van der Waals surface area contributed by atoms with Gasteiger partial charge in [-0.15, -0.1) is 0 Å². The summed E-state index contributed by atoms with van der Waals surface area (Å²) >= 11 is 6.13. The van der Waals surface area contributed by atoms with Crippen molar-refractivity contribution in [1.82, 2.24) is 5.32 Å². The Morgan fingerprint density at radius 3 is 2.80 bits per heavy atom. The molecule has 0 aliphatic heterocycles. The summed E-state index contributed by atoms with van der Waals surface area (Å²) < 4.78 is 0. The number of benzene rings is 1. The Balaban J connectivity index is 2.04. The second kappa shape index (κ2) is 6.27. The van der Waals surface area contributed by atoms with Crippen LogP contribution in [0.1, 0.15) is 41.6 Å². The summed E-state index contributed by atoms with van der Waals surface area (Å²) in [5, 5.41) is 12.4. The van der Waals surface area contributed by atoms with E-state index in [1.54, 1.807) is 12.1 Å².